The molecule has 2 N–H and O–H groups in total. The van der Waals surface area contributed by atoms with E-state index < -0.39 is 0 Å². The van der Waals surface area contributed by atoms with Crippen LogP contribution in [0.1, 0.15) is 51.5 Å². The van der Waals surface area contributed by atoms with Crippen LogP contribution < -0.4 is 10.6 Å². The van der Waals surface area contributed by atoms with Crippen LogP contribution in [0.25, 0.3) is 0 Å². The summed E-state index contributed by atoms with van der Waals surface area (Å²) in [6.07, 6.45) is 3.21. The molecular formula is C16H24N2O. The third-order valence-corrected chi connectivity index (χ3v) is 3.75. The Labute approximate surface area is 115 Å². The van der Waals surface area contributed by atoms with Crippen molar-refractivity contribution in [2.75, 3.05) is 5.32 Å². The standard InChI is InChI=1S/C16H24N2O/c1-11(2)13-7-5-8-14(10-13)18-16(19)15-9-4-6-12(3)17-15/h5,7-8,10-12,15,17H,4,6,9H2,1-3H3,(H,18,19). The highest BCUT2D eigenvalue weighted by Gasteiger charge is 2.24. The Morgan fingerprint density at radius 1 is 1.37 bits per heavy atom. The van der Waals surface area contributed by atoms with E-state index in [1.165, 1.54) is 5.56 Å². The molecule has 3 nitrogen and oxygen atoms in total. The summed E-state index contributed by atoms with van der Waals surface area (Å²) in [6.45, 7) is 6.45. The molecule has 1 saturated heterocycles. The highest BCUT2D eigenvalue weighted by molar-refractivity contribution is 5.95. The quantitative estimate of drug-likeness (QED) is 0.875. The van der Waals surface area contributed by atoms with Crippen molar-refractivity contribution in [2.24, 2.45) is 0 Å². The minimum absolute atomic E-state index is 0.0496. The lowest BCUT2D eigenvalue weighted by atomic mass is 9.99. The molecule has 2 rings (SSSR count). The van der Waals surface area contributed by atoms with Gasteiger partial charge in [0.1, 0.15) is 0 Å². The first-order chi connectivity index (χ1) is 9.06. The number of anilines is 1. The normalized spacial score (nSPS) is 23.4. The maximum Gasteiger partial charge on any atom is 0.241 e. The molecule has 1 aliphatic heterocycles. The van der Waals surface area contributed by atoms with Crippen LogP contribution >= 0.6 is 0 Å². The number of carbonyl (C=O) groups is 1. The van der Waals surface area contributed by atoms with Gasteiger partial charge in [-0.3, -0.25) is 4.79 Å². The van der Waals surface area contributed by atoms with Crippen molar-refractivity contribution in [1.82, 2.24) is 5.32 Å². The van der Waals surface area contributed by atoms with Gasteiger partial charge in [0, 0.05) is 11.7 Å². The molecule has 19 heavy (non-hydrogen) atoms. The van der Waals surface area contributed by atoms with Gasteiger partial charge >= 0.3 is 0 Å². The van der Waals surface area contributed by atoms with Crippen molar-refractivity contribution in [3.05, 3.63) is 29.8 Å². The van der Waals surface area contributed by atoms with E-state index in [0.29, 0.717) is 12.0 Å². The van der Waals surface area contributed by atoms with Crippen LogP contribution in [-0.4, -0.2) is 18.0 Å². The summed E-state index contributed by atoms with van der Waals surface area (Å²) in [6, 6.07) is 8.51. The molecule has 1 heterocycles. The fourth-order valence-corrected chi connectivity index (χ4v) is 2.55. The number of benzene rings is 1. The van der Waals surface area contributed by atoms with E-state index in [4.69, 9.17) is 0 Å². The highest BCUT2D eigenvalue weighted by Crippen LogP contribution is 2.19. The number of piperidine rings is 1. The van der Waals surface area contributed by atoms with Crippen molar-refractivity contribution >= 4 is 11.6 Å². The van der Waals surface area contributed by atoms with Gasteiger partial charge in [0.2, 0.25) is 5.91 Å². The molecule has 1 aromatic carbocycles. The molecule has 0 aromatic heterocycles. The minimum atomic E-state index is -0.0496. The summed E-state index contributed by atoms with van der Waals surface area (Å²) in [4.78, 5) is 12.2. The topological polar surface area (TPSA) is 41.1 Å². The van der Waals surface area contributed by atoms with E-state index in [0.717, 1.165) is 24.9 Å². The number of hydrogen-bond donors (Lipinski definition) is 2. The Morgan fingerprint density at radius 2 is 2.16 bits per heavy atom. The molecule has 1 aliphatic rings. The maximum atomic E-state index is 12.2. The predicted octanol–water partition coefficient (Wildman–Crippen LogP) is 3.28. The van der Waals surface area contributed by atoms with Gasteiger partial charge in [0.25, 0.3) is 0 Å². The van der Waals surface area contributed by atoms with Crippen LogP contribution in [0.15, 0.2) is 24.3 Å². The molecule has 0 aliphatic carbocycles. The average Bonchev–Trinajstić information content (AvgIpc) is 2.39. The molecule has 2 atom stereocenters. The van der Waals surface area contributed by atoms with Crippen molar-refractivity contribution in [2.45, 2.75) is 58.0 Å². The van der Waals surface area contributed by atoms with E-state index in [1.807, 2.05) is 12.1 Å². The van der Waals surface area contributed by atoms with Gasteiger partial charge in [-0.05, 0) is 49.8 Å². The van der Waals surface area contributed by atoms with E-state index in [9.17, 15) is 4.79 Å². The van der Waals surface area contributed by atoms with Gasteiger partial charge < -0.3 is 10.6 Å². The van der Waals surface area contributed by atoms with Crippen molar-refractivity contribution in [1.29, 1.82) is 0 Å². The largest absolute Gasteiger partial charge is 0.325 e. The van der Waals surface area contributed by atoms with E-state index in [2.05, 4.69) is 43.5 Å². The zero-order valence-electron chi connectivity index (χ0n) is 12.1. The predicted molar refractivity (Wildman–Crippen MR) is 79.4 cm³/mol. The molecule has 104 valence electrons. The number of hydrogen-bond acceptors (Lipinski definition) is 2. The van der Waals surface area contributed by atoms with Crippen molar-refractivity contribution in [3.8, 4) is 0 Å². The first-order valence-electron chi connectivity index (χ1n) is 7.23. The van der Waals surface area contributed by atoms with E-state index in [-0.39, 0.29) is 11.9 Å². The summed E-state index contributed by atoms with van der Waals surface area (Å²) in [5.74, 6) is 0.567. The average molecular weight is 260 g/mol. The van der Waals surface area contributed by atoms with Crippen LogP contribution in [0.3, 0.4) is 0 Å². The summed E-state index contributed by atoms with van der Waals surface area (Å²) in [5, 5.41) is 6.39. The Kier molecular flexibility index (Phi) is 4.59. The van der Waals surface area contributed by atoms with E-state index in [1.54, 1.807) is 0 Å². The second-order valence-corrected chi connectivity index (χ2v) is 5.82. The number of rotatable bonds is 3. The SMILES string of the molecule is CC1CCCC(C(=O)Nc2cccc(C(C)C)c2)N1. The minimum Gasteiger partial charge on any atom is -0.325 e. The van der Waals surface area contributed by atoms with Crippen molar-refractivity contribution < 1.29 is 4.79 Å². The Bertz CT molecular complexity index is 442. The Morgan fingerprint density at radius 3 is 2.84 bits per heavy atom. The molecule has 0 bridgehead atoms. The van der Waals surface area contributed by atoms with Crippen LogP contribution in [0.2, 0.25) is 0 Å². The Hall–Kier alpha value is -1.35. The molecule has 0 spiro atoms. The van der Waals surface area contributed by atoms with Crippen molar-refractivity contribution in [3.63, 3.8) is 0 Å². The monoisotopic (exact) mass is 260 g/mol. The van der Waals surface area contributed by atoms with Gasteiger partial charge in [-0.1, -0.05) is 26.0 Å². The highest BCUT2D eigenvalue weighted by atomic mass is 16.2. The molecule has 3 heteroatoms. The summed E-state index contributed by atoms with van der Waals surface area (Å²) >= 11 is 0. The molecule has 1 amide bonds. The Balaban J connectivity index is 2.00. The van der Waals surface area contributed by atoms with Gasteiger partial charge in [0.15, 0.2) is 0 Å². The lowest BCUT2D eigenvalue weighted by Gasteiger charge is -2.27. The molecule has 0 saturated carbocycles. The fraction of sp³-hybridized carbons (Fsp3) is 0.562. The maximum absolute atomic E-state index is 12.2. The molecule has 2 unspecified atom stereocenters. The third-order valence-electron chi connectivity index (χ3n) is 3.75. The number of nitrogens with one attached hydrogen (secondary N) is 2. The van der Waals surface area contributed by atoms with Gasteiger partial charge in [-0.2, -0.15) is 0 Å². The lowest BCUT2D eigenvalue weighted by Crippen LogP contribution is -2.47. The molecule has 1 aromatic rings. The first kappa shape index (κ1) is 14.1. The number of carbonyl (C=O) groups excluding carboxylic acids is 1. The van der Waals surface area contributed by atoms with Gasteiger partial charge in [0.05, 0.1) is 6.04 Å². The summed E-state index contributed by atoms with van der Waals surface area (Å²) in [7, 11) is 0. The third kappa shape index (κ3) is 3.80. The summed E-state index contributed by atoms with van der Waals surface area (Å²) in [5.41, 5.74) is 2.15. The van der Waals surface area contributed by atoms with Gasteiger partial charge in [-0.15, -0.1) is 0 Å². The van der Waals surface area contributed by atoms with E-state index >= 15 is 0 Å². The van der Waals surface area contributed by atoms with Gasteiger partial charge in [-0.25, -0.2) is 0 Å². The van der Waals surface area contributed by atoms with Crippen LogP contribution in [0.5, 0.6) is 0 Å². The molecule has 0 radical (unpaired) electrons. The fourth-order valence-electron chi connectivity index (χ4n) is 2.55. The summed E-state index contributed by atoms with van der Waals surface area (Å²) < 4.78 is 0. The molecular weight excluding hydrogens is 236 g/mol. The van der Waals surface area contributed by atoms with Crippen LogP contribution in [-0.2, 0) is 4.79 Å². The second-order valence-electron chi connectivity index (χ2n) is 5.82. The van der Waals surface area contributed by atoms with Crippen LogP contribution in [0, 0.1) is 0 Å². The zero-order chi connectivity index (χ0) is 13.8. The molecule has 1 fully saturated rings. The lowest BCUT2D eigenvalue weighted by molar-refractivity contribution is -0.118. The zero-order valence-corrected chi connectivity index (χ0v) is 12.1. The second kappa shape index (κ2) is 6.20. The number of amides is 1. The smallest absolute Gasteiger partial charge is 0.241 e. The van der Waals surface area contributed by atoms with Crippen LogP contribution in [0.4, 0.5) is 5.69 Å². The first-order valence-corrected chi connectivity index (χ1v) is 7.23.